The molecule has 19 heavy (non-hydrogen) atoms. The smallest absolute Gasteiger partial charge is 0.180 e. The van der Waals surface area contributed by atoms with Crippen LogP contribution in [0, 0.1) is 0 Å². The molecule has 0 saturated heterocycles. The first-order chi connectivity index (χ1) is 9.21. The van der Waals surface area contributed by atoms with Gasteiger partial charge in [-0.2, -0.15) is 0 Å². The minimum atomic E-state index is 0.0832. The standard InChI is InChI=1S/C13H21N5O/c1-3-10(4-2)18(7-8-19)13-12-15-5-6-17(12)9-11(14)16-13/h5-6,9-10,19H,3-4,7-8,14H2,1-2H3. The lowest BCUT2D eigenvalue weighted by molar-refractivity contribution is 0.295. The Bertz CT molecular complexity index is 535. The third kappa shape index (κ3) is 2.63. The van der Waals surface area contributed by atoms with Crippen LogP contribution in [-0.2, 0) is 0 Å². The number of aliphatic hydroxyl groups excluding tert-OH is 1. The highest BCUT2D eigenvalue weighted by Gasteiger charge is 2.20. The normalized spacial score (nSPS) is 11.4. The van der Waals surface area contributed by atoms with E-state index in [4.69, 9.17) is 5.73 Å². The van der Waals surface area contributed by atoms with Gasteiger partial charge in [0, 0.05) is 25.0 Å². The van der Waals surface area contributed by atoms with Crippen molar-refractivity contribution in [3.8, 4) is 0 Å². The Balaban J connectivity index is 2.51. The molecule has 0 unspecified atom stereocenters. The zero-order valence-electron chi connectivity index (χ0n) is 11.5. The Labute approximate surface area is 112 Å². The number of anilines is 2. The summed E-state index contributed by atoms with van der Waals surface area (Å²) >= 11 is 0. The number of fused-ring (bicyclic) bond motifs is 1. The van der Waals surface area contributed by atoms with Crippen LogP contribution < -0.4 is 10.6 Å². The number of hydrogen-bond acceptors (Lipinski definition) is 5. The van der Waals surface area contributed by atoms with Crippen LogP contribution in [0.5, 0.6) is 0 Å². The Hall–Kier alpha value is -1.82. The minimum absolute atomic E-state index is 0.0832. The molecular weight excluding hydrogens is 242 g/mol. The van der Waals surface area contributed by atoms with Crippen molar-refractivity contribution in [3.05, 3.63) is 18.6 Å². The van der Waals surface area contributed by atoms with Crippen LogP contribution in [0.2, 0.25) is 0 Å². The second-order valence-corrected chi connectivity index (χ2v) is 4.53. The first-order valence-corrected chi connectivity index (χ1v) is 6.67. The molecule has 2 aromatic heterocycles. The van der Waals surface area contributed by atoms with Gasteiger partial charge in [-0.1, -0.05) is 13.8 Å². The molecule has 0 aliphatic heterocycles. The minimum Gasteiger partial charge on any atom is -0.395 e. The summed E-state index contributed by atoms with van der Waals surface area (Å²) in [7, 11) is 0. The summed E-state index contributed by atoms with van der Waals surface area (Å²) in [6.07, 6.45) is 7.29. The first-order valence-electron chi connectivity index (χ1n) is 6.67. The van der Waals surface area contributed by atoms with Gasteiger partial charge in [0.1, 0.15) is 5.82 Å². The van der Waals surface area contributed by atoms with Gasteiger partial charge < -0.3 is 20.1 Å². The molecule has 0 fully saturated rings. The van der Waals surface area contributed by atoms with E-state index in [-0.39, 0.29) is 6.61 Å². The summed E-state index contributed by atoms with van der Waals surface area (Å²) in [4.78, 5) is 10.9. The van der Waals surface area contributed by atoms with E-state index in [0.29, 0.717) is 18.4 Å². The zero-order valence-corrected chi connectivity index (χ0v) is 11.5. The largest absolute Gasteiger partial charge is 0.395 e. The number of rotatable bonds is 6. The summed E-state index contributed by atoms with van der Waals surface area (Å²) in [5, 5.41) is 9.30. The van der Waals surface area contributed by atoms with Crippen molar-refractivity contribution in [2.75, 3.05) is 23.8 Å². The highest BCUT2D eigenvalue weighted by Crippen LogP contribution is 2.23. The summed E-state index contributed by atoms with van der Waals surface area (Å²) in [6.45, 7) is 4.88. The second kappa shape index (κ2) is 5.88. The molecule has 0 saturated carbocycles. The van der Waals surface area contributed by atoms with Crippen molar-refractivity contribution in [3.63, 3.8) is 0 Å². The summed E-state index contributed by atoms with van der Waals surface area (Å²) < 4.78 is 1.87. The first kappa shape index (κ1) is 13.6. The second-order valence-electron chi connectivity index (χ2n) is 4.53. The van der Waals surface area contributed by atoms with Crippen molar-refractivity contribution in [1.82, 2.24) is 14.4 Å². The molecule has 3 N–H and O–H groups in total. The maximum Gasteiger partial charge on any atom is 0.180 e. The molecule has 0 atom stereocenters. The number of aromatic nitrogens is 3. The molecule has 0 aliphatic rings. The van der Waals surface area contributed by atoms with Gasteiger partial charge in [0.2, 0.25) is 0 Å². The lowest BCUT2D eigenvalue weighted by Gasteiger charge is -2.31. The highest BCUT2D eigenvalue weighted by atomic mass is 16.3. The average Bonchev–Trinajstić information content (AvgIpc) is 2.86. The van der Waals surface area contributed by atoms with E-state index >= 15 is 0 Å². The SMILES string of the molecule is CCC(CC)N(CCO)c1nc(N)cn2ccnc12. The fourth-order valence-corrected chi connectivity index (χ4v) is 2.43. The van der Waals surface area contributed by atoms with Gasteiger partial charge in [0.25, 0.3) is 0 Å². The molecule has 0 spiro atoms. The van der Waals surface area contributed by atoms with E-state index < -0.39 is 0 Å². The van der Waals surface area contributed by atoms with Crippen LogP contribution in [0.4, 0.5) is 11.6 Å². The van der Waals surface area contributed by atoms with Crippen LogP contribution in [-0.4, -0.2) is 38.7 Å². The van der Waals surface area contributed by atoms with E-state index in [1.54, 1.807) is 12.4 Å². The Kier molecular flexibility index (Phi) is 4.21. The molecule has 0 aliphatic carbocycles. The van der Waals surface area contributed by atoms with Crippen molar-refractivity contribution >= 4 is 17.3 Å². The number of nitrogens with zero attached hydrogens (tertiary/aromatic N) is 4. The predicted octanol–water partition coefficient (Wildman–Crippen LogP) is 1.30. The maximum atomic E-state index is 9.30. The van der Waals surface area contributed by atoms with Crippen LogP contribution in [0.25, 0.3) is 5.65 Å². The quantitative estimate of drug-likeness (QED) is 0.821. The number of hydrogen-bond donors (Lipinski definition) is 2. The Morgan fingerprint density at radius 1 is 1.42 bits per heavy atom. The predicted molar refractivity (Wildman–Crippen MR) is 76.2 cm³/mol. The van der Waals surface area contributed by atoms with Gasteiger partial charge in [0.15, 0.2) is 11.5 Å². The third-order valence-corrected chi connectivity index (χ3v) is 3.37. The van der Waals surface area contributed by atoms with Crippen molar-refractivity contribution in [2.24, 2.45) is 0 Å². The molecule has 6 nitrogen and oxygen atoms in total. The van der Waals surface area contributed by atoms with Crippen LogP contribution >= 0.6 is 0 Å². The zero-order chi connectivity index (χ0) is 13.8. The number of imidazole rings is 1. The number of aliphatic hydroxyl groups is 1. The molecule has 2 rings (SSSR count). The molecule has 104 valence electrons. The average molecular weight is 263 g/mol. The fourth-order valence-electron chi connectivity index (χ4n) is 2.43. The van der Waals surface area contributed by atoms with Crippen molar-refractivity contribution in [2.45, 2.75) is 32.7 Å². The molecule has 0 radical (unpaired) electrons. The molecule has 0 aromatic carbocycles. The van der Waals surface area contributed by atoms with E-state index in [1.807, 2.05) is 10.6 Å². The fraction of sp³-hybridized carbons (Fsp3) is 0.538. The Morgan fingerprint density at radius 3 is 2.79 bits per heavy atom. The van der Waals surface area contributed by atoms with E-state index in [9.17, 15) is 5.11 Å². The van der Waals surface area contributed by atoms with Gasteiger partial charge in [-0.05, 0) is 12.8 Å². The van der Waals surface area contributed by atoms with Crippen LogP contribution in [0.1, 0.15) is 26.7 Å². The molecular formula is C13H21N5O. The van der Waals surface area contributed by atoms with Gasteiger partial charge >= 0.3 is 0 Å². The van der Waals surface area contributed by atoms with Gasteiger partial charge in [-0.15, -0.1) is 0 Å². The number of nitrogen functional groups attached to an aromatic ring is 1. The van der Waals surface area contributed by atoms with Gasteiger partial charge in [0.05, 0.1) is 12.8 Å². The van der Waals surface area contributed by atoms with E-state index in [0.717, 1.165) is 24.3 Å². The lowest BCUT2D eigenvalue weighted by Crippen LogP contribution is -2.38. The van der Waals surface area contributed by atoms with Crippen molar-refractivity contribution in [1.29, 1.82) is 0 Å². The number of nitrogens with two attached hydrogens (primary N) is 1. The molecule has 0 amide bonds. The Morgan fingerprint density at radius 2 is 2.16 bits per heavy atom. The molecule has 2 aromatic rings. The summed E-state index contributed by atoms with van der Waals surface area (Å²) in [5.41, 5.74) is 6.62. The molecule has 2 heterocycles. The van der Waals surface area contributed by atoms with Crippen LogP contribution in [0.15, 0.2) is 18.6 Å². The van der Waals surface area contributed by atoms with Crippen LogP contribution in [0.3, 0.4) is 0 Å². The maximum absolute atomic E-state index is 9.30. The topological polar surface area (TPSA) is 79.7 Å². The molecule has 0 bridgehead atoms. The summed E-state index contributed by atoms with van der Waals surface area (Å²) in [6, 6.07) is 0.321. The highest BCUT2D eigenvalue weighted by molar-refractivity contribution is 5.66. The van der Waals surface area contributed by atoms with E-state index in [2.05, 4.69) is 28.7 Å². The van der Waals surface area contributed by atoms with Crippen molar-refractivity contribution < 1.29 is 5.11 Å². The molecule has 6 heteroatoms. The van der Waals surface area contributed by atoms with Gasteiger partial charge in [-0.3, -0.25) is 0 Å². The van der Waals surface area contributed by atoms with Gasteiger partial charge in [-0.25, -0.2) is 9.97 Å². The summed E-state index contributed by atoms with van der Waals surface area (Å²) in [5.74, 6) is 1.20. The third-order valence-electron chi connectivity index (χ3n) is 3.37. The lowest BCUT2D eigenvalue weighted by atomic mass is 10.1. The monoisotopic (exact) mass is 263 g/mol. The van der Waals surface area contributed by atoms with E-state index in [1.165, 1.54) is 0 Å².